The Morgan fingerprint density at radius 1 is 1.23 bits per heavy atom. The van der Waals surface area contributed by atoms with Crippen molar-refractivity contribution < 1.29 is 4.39 Å². The molecule has 0 atom stereocenters. The molecule has 0 unspecified atom stereocenters. The molecular weight excluding hydrogens is 441 g/mol. The summed E-state index contributed by atoms with van der Waals surface area (Å²) >= 11 is 6.28. The van der Waals surface area contributed by atoms with Gasteiger partial charge in [0.25, 0.3) is 0 Å². The van der Waals surface area contributed by atoms with Crippen molar-refractivity contribution in [2.75, 3.05) is 5.32 Å². The molecule has 0 aliphatic carbocycles. The molecular formula is C15H11BrFN7S2. The van der Waals surface area contributed by atoms with E-state index in [0.717, 1.165) is 26.0 Å². The molecule has 0 saturated carbocycles. The first-order valence-corrected chi connectivity index (χ1v) is 9.85. The van der Waals surface area contributed by atoms with Gasteiger partial charge in [0.15, 0.2) is 9.99 Å². The zero-order chi connectivity index (χ0) is 18.1. The quantitative estimate of drug-likeness (QED) is 0.461. The second-order valence-electron chi connectivity index (χ2n) is 5.25. The Balaban J connectivity index is 1.49. The first kappa shape index (κ1) is 17.3. The van der Waals surface area contributed by atoms with Crippen LogP contribution in [0.5, 0.6) is 0 Å². The third-order valence-electron chi connectivity index (χ3n) is 3.49. The Morgan fingerprint density at radius 2 is 2.04 bits per heavy atom. The van der Waals surface area contributed by atoms with Crippen molar-refractivity contribution in [3.63, 3.8) is 0 Å². The van der Waals surface area contributed by atoms with Gasteiger partial charge in [-0.2, -0.15) is 5.10 Å². The topological polar surface area (TPSA) is 81.4 Å². The molecule has 0 fully saturated rings. The maximum Gasteiger partial charge on any atom is 0.206 e. The molecule has 1 aromatic carbocycles. The van der Waals surface area contributed by atoms with Crippen LogP contribution in [0.2, 0.25) is 0 Å². The molecule has 4 rings (SSSR count). The lowest BCUT2D eigenvalue weighted by atomic mass is 10.2. The second kappa shape index (κ2) is 7.25. The molecule has 3 heterocycles. The fraction of sp³-hybridized carbons (Fsp3) is 0.133. The lowest BCUT2D eigenvalue weighted by molar-refractivity contribution is 0.627. The van der Waals surface area contributed by atoms with Gasteiger partial charge in [-0.05, 0) is 45.4 Å². The van der Waals surface area contributed by atoms with Crippen LogP contribution in [0.15, 0.2) is 44.6 Å². The van der Waals surface area contributed by atoms with Gasteiger partial charge in [0.05, 0.1) is 5.39 Å². The van der Waals surface area contributed by atoms with Gasteiger partial charge in [-0.15, -0.1) is 10.2 Å². The average Bonchev–Trinajstić information content (AvgIpc) is 3.19. The highest BCUT2D eigenvalue weighted by Gasteiger charge is 2.16. The van der Waals surface area contributed by atoms with Crippen LogP contribution in [-0.4, -0.2) is 29.9 Å². The number of hydrogen-bond donors (Lipinski definition) is 1. The van der Waals surface area contributed by atoms with E-state index in [4.69, 9.17) is 0 Å². The molecule has 4 aromatic rings. The van der Waals surface area contributed by atoms with Crippen molar-refractivity contribution in [2.45, 2.75) is 15.9 Å². The van der Waals surface area contributed by atoms with Crippen LogP contribution in [0.3, 0.4) is 0 Å². The van der Waals surface area contributed by atoms with Crippen LogP contribution in [0.1, 0.15) is 5.56 Å². The normalized spacial score (nSPS) is 11.2. The van der Waals surface area contributed by atoms with Crippen molar-refractivity contribution in [3.05, 3.63) is 46.6 Å². The zero-order valence-electron chi connectivity index (χ0n) is 13.3. The van der Waals surface area contributed by atoms with Crippen LogP contribution in [0, 0.1) is 5.82 Å². The first-order valence-electron chi connectivity index (χ1n) is 7.43. The third kappa shape index (κ3) is 3.55. The Bertz CT molecular complexity index is 1060. The second-order valence-corrected chi connectivity index (χ2v) is 8.21. The minimum atomic E-state index is -0.249. The van der Waals surface area contributed by atoms with Gasteiger partial charge in [0, 0.05) is 13.6 Å². The summed E-state index contributed by atoms with van der Waals surface area (Å²) in [5.41, 5.74) is 1.71. The maximum atomic E-state index is 12.9. The average molecular weight is 452 g/mol. The van der Waals surface area contributed by atoms with E-state index in [-0.39, 0.29) is 5.82 Å². The fourth-order valence-electron chi connectivity index (χ4n) is 2.28. The van der Waals surface area contributed by atoms with Gasteiger partial charge in [0.1, 0.15) is 21.8 Å². The minimum Gasteiger partial charge on any atom is -0.356 e. The van der Waals surface area contributed by atoms with Crippen LogP contribution in [0.25, 0.3) is 11.0 Å². The molecule has 0 amide bonds. The van der Waals surface area contributed by atoms with Gasteiger partial charge in [-0.1, -0.05) is 23.5 Å². The van der Waals surface area contributed by atoms with Gasteiger partial charge in [-0.25, -0.2) is 19.0 Å². The zero-order valence-corrected chi connectivity index (χ0v) is 16.6. The molecule has 0 spiro atoms. The number of hydrogen-bond acceptors (Lipinski definition) is 8. The Kier molecular flexibility index (Phi) is 4.83. The maximum absolute atomic E-state index is 12.9. The van der Waals surface area contributed by atoms with Crippen molar-refractivity contribution in [1.82, 2.24) is 29.9 Å². The molecule has 26 heavy (non-hydrogen) atoms. The van der Waals surface area contributed by atoms with Gasteiger partial charge < -0.3 is 5.32 Å². The summed E-state index contributed by atoms with van der Waals surface area (Å²) in [7, 11) is 1.83. The largest absolute Gasteiger partial charge is 0.356 e. The van der Waals surface area contributed by atoms with Crippen LogP contribution in [-0.2, 0) is 13.6 Å². The number of aromatic nitrogens is 6. The van der Waals surface area contributed by atoms with E-state index in [9.17, 15) is 4.39 Å². The number of nitrogens with zero attached hydrogens (tertiary/aromatic N) is 6. The summed E-state index contributed by atoms with van der Waals surface area (Å²) in [6, 6.07) is 6.34. The number of benzene rings is 1. The predicted molar refractivity (Wildman–Crippen MR) is 102 cm³/mol. The standard InChI is InChI=1S/C15H11BrFN7S2/c1-24-12-10(11(16)23-24)13(20-7-19-12)25-15-22-21-14(26-15)18-6-8-2-4-9(17)5-3-8/h2-5,7H,6H2,1H3,(H,18,21). The number of rotatable bonds is 5. The Morgan fingerprint density at radius 3 is 2.85 bits per heavy atom. The minimum absolute atomic E-state index is 0.249. The van der Waals surface area contributed by atoms with E-state index in [0.29, 0.717) is 16.3 Å². The lowest BCUT2D eigenvalue weighted by Crippen LogP contribution is -1.98. The molecule has 0 aliphatic rings. The molecule has 0 aliphatic heterocycles. The molecule has 0 bridgehead atoms. The monoisotopic (exact) mass is 451 g/mol. The van der Waals surface area contributed by atoms with Crippen molar-refractivity contribution >= 4 is 55.2 Å². The van der Waals surface area contributed by atoms with Crippen molar-refractivity contribution in [2.24, 2.45) is 7.05 Å². The van der Waals surface area contributed by atoms with Crippen molar-refractivity contribution in [3.8, 4) is 0 Å². The summed E-state index contributed by atoms with van der Waals surface area (Å²) in [6.07, 6.45) is 1.51. The Labute approximate surface area is 164 Å². The Hall–Kier alpha value is -2.11. The SMILES string of the molecule is Cn1nc(Br)c2c(Sc3nnc(NCc4ccc(F)cc4)s3)ncnc21. The van der Waals surface area contributed by atoms with Crippen LogP contribution >= 0.6 is 39.0 Å². The smallest absolute Gasteiger partial charge is 0.206 e. The summed E-state index contributed by atoms with van der Waals surface area (Å²) in [6.45, 7) is 0.547. The van der Waals surface area contributed by atoms with E-state index in [1.54, 1.807) is 16.8 Å². The van der Waals surface area contributed by atoms with Gasteiger partial charge in [-0.3, -0.25) is 0 Å². The van der Waals surface area contributed by atoms with E-state index < -0.39 is 0 Å². The summed E-state index contributed by atoms with van der Waals surface area (Å²) in [5.74, 6) is -0.249. The van der Waals surface area contributed by atoms with Gasteiger partial charge >= 0.3 is 0 Å². The third-order valence-corrected chi connectivity index (χ3v) is 5.98. The van der Waals surface area contributed by atoms with Crippen LogP contribution < -0.4 is 5.32 Å². The summed E-state index contributed by atoms with van der Waals surface area (Å²) in [5, 5.41) is 18.1. The van der Waals surface area contributed by atoms with E-state index >= 15 is 0 Å². The van der Waals surface area contributed by atoms with E-state index in [1.807, 2.05) is 7.05 Å². The highest BCUT2D eigenvalue weighted by molar-refractivity contribution is 9.10. The first-order chi connectivity index (χ1) is 12.6. The van der Waals surface area contributed by atoms with Crippen LogP contribution in [0.4, 0.5) is 9.52 Å². The molecule has 11 heteroatoms. The fourth-order valence-corrected chi connectivity index (χ4v) is 4.76. The molecule has 0 saturated heterocycles. The van der Waals surface area contributed by atoms with E-state index in [1.165, 1.54) is 41.6 Å². The van der Waals surface area contributed by atoms with E-state index in [2.05, 4.69) is 46.5 Å². The highest BCUT2D eigenvalue weighted by atomic mass is 79.9. The molecule has 0 radical (unpaired) electrons. The predicted octanol–water partition coefficient (Wildman–Crippen LogP) is 3.88. The summed E-state index contributed by atoms with van der Waals surface area (Å²) in [4.78, 5) is 8.59. The molecule has 132 valence electrons. The molecule has 3 aromatic heterocycles. The summed E-state index contributed by atoms with van der Waals surface area (Å²) < 4.78 is 16.1. The molecule has 7 nitrogen and oxygen atoms in total. The highest BCUT2D eigenvalue weighted by Crippen LogP contribution is 2.36. The molecule has 1 N–H and O–H groups in total. The number of fused-ring (bicyclic) bond motifs is 1. The van der Waals surface area contributed by atoms with Gasteiger partial charge in [0.2, 0.25) is 5.13 Å². The number of anilines is 1. The van der Waals surface area contributed by atoms with Crippen molar-refractivity contribution in [1.29, 1.82) is 0 Å². The number of aryl methyl sites for hydroxylation is 1. The lowest BCUT2D eigenvalue weighted by Gasteiger charge is -2.01. The number of halogens is 2. The number of nitrogens with one attached hydrogen (secondary N) is 1.